The molecule has 1 aromatic carbocycles. The Balaban J connectivity index is 1.68. The van der Waals surface area contributed by atoms with Crippen LogP contribution < -0.4 is 10.2 Å². The molecule has 1 aliphatic rings. The second-order valence-electron chi connectivity index (χ2n) is 7.62. The molecule has 2 heterocycles. The van der Waals surface area contributed by atoms with Crippen molar-refractivity contribution in [1.29, 1.82) is 0 Å². The lowest BCUT2D eigenvalue weighted by atomic mass is 10.1. The van der Waals surface area contributed by atoms with Crippen LogP contribution in [0.5, 0.6) is 0 Å². The van der Waals surface area contributed by atoms with Crippen molar-refractivity contribution in [2.45, 2.75) is 13.0 Å². The summed E-state index contributed by atoms with van der Waals surface area (Å²) in [4.78, 5) is 21.5. The highest BCUT2D eigenvalue weighted by Crippen LogP contribution is 2.27. The smallest absolute Gasteiger partial charge is 0.243 e. The first-order valence-electron chi connectivity index (χ1n) is 10.5. The maximum atomic E-state index is 13.8. The van der Waals surface area contributed by atoms with E-state index < -0.39 is 6.04 Å². The second kappa shape index (κ2) is 10.9. The van der Waals surface area contributed by atoms with Gasteiger partial charge in [-0.25, -0.2) is 4.39 Å². The molecule has 1 aromatic heterocycles. The molecule has 1 fully saturated rings. The minimum atomic E-state index is -0.450. The van der Waals surface area contributed by atoms with E-state index in [0.717, 1.165) is 16.6 Å². The maximum absolute atomic E-state index is 13.8. The van der Waals surface area contributed by atoms with Gasteiger partial charge in [-0.3, -0.25) is 14.7 Å². The molecule has 2 N–H and O–H groups in total. The van der Waals surface area contributed by atoms with E-state index in [2.05, 4.69) is 26.7 Å². The van der Waals surface area contributed by atoms with Crippen LogP contribution in [0.1, 0.15) is 6.92 Å². The van der Waals surface area contributed by atoms with Gasteiger partial charge in [0.15, 0.2) is 0 Å². The molecule has 0 radical (unpaired) electrons. The summed E-state index contributed by atoms with van der Waals surface area (Å²) < 4.78 is 19.1. The van der Waals surface area contributed by atoms with Crippen LogP contribution in [0, 0.1) is 5.82 Å². The number of nitrogens with zero attached hydrogens (tertiary/aromatic N) is 3. The fourth-order valence-corrected chi connectivity index (χ4v) is 3.76. The summed E-state index contributed by atoms with van der Waals surface area (Å²) in [6, 6.07) is 6.06. The summed E-state index contributed by atoms with van der Waals surface area (Å²) >= 11 is 0. The molecular weight excluding hydrogens is 411 g/mol. The van der Waals surface area contributed by atoms with Crippen molar-refractivity contribution in [3.8, 4) is 0 Å². The number of ether oxygens (including phenoxy) is 1. The highest BCUT2D eigenvalue weighted by atomic mass is 19.1. The number of amides is 1. The minimum absolute atomic E-state index is 0.0201. The zero-order chi connectivity index (χ0) is 23.1. The number of aliphatic hydroxyl groups is 1. The number of hydrogen-bond donors (Lipinski definition) is 2. The first-order chi connectivity index (χ1) is 15.4. The van der Waals surface area contributed by atoms with E-state index in [-0.39, 0.29) is 24.1 Å². The Morgan fingerprint density at radius 3 is 2.75 bits per heavy atom. The van der Waals surface area contributed by atoms with E-state index in [0.29, 0.717) is 31.9 Å². The number of allylic oxidation sites excluding steroid dienone is 4. The lowest BCUT2D eigenvalue weighted by Crippen LogP contribution is -2.56. The zero-order valence-corrected chi connectivity index (χ0v) is 18.4. The van der Waals surface area contributed by atoms with Crippen LogP contribution in [0.4, 0.5) is 10.1 Å². The van der Waals surface area contributed by atoms with Crippen LogP contribution in [0.2, 0.25) is 0 Å². The average molecular weight is 441 g/mol. The molecule has 7 nitrogen and oxygen atoms in total. The van der Waals surface area contributed by atoms with Crippen molar-refractivity contribution in [1.82, 2.24) is 15.2 Å². The Hall–Kier alpha value is -3.23. The molecule has 32 heavy (non-hydrogen) atoms. The van der Waals surface area contributed by atoms with E-state index in [1.54, 1.807) is 32.4 Å². The van der Waals surface area contributed by atoms with Crippen LogP contribution in [0.15, 0.2) is 66.7 Å². The molecule has 1 saturated heterocycles. The summed E-state index contributed by atoms with van der Waals surface area (Å²) in [5, 5.41) is 13.1. The van der Waals surface area contributed by atoms with Gasteiger partial charge in [0.1, 0.15) is 17.6 Å². The molecule has 2 aromatic rings. The topological polar surface area (TPSA) is 77.9 Å². The number of hydrogen-bond acceptors (Lipinski definition) is 6. The predicted octanol–water partition coefficient (Wildman–Crippen LogP) is 3.16. The monoisotopic (exact) mass is 440 g/mol. The number of rotatable bonds is 8. The molecule has 0 bridgehead atoms. The normalized spacial score (nSPS) is 16.8. The van der Waals surface area contributed by atoms with Crippen molar-refractivity contribution in [2.75, 3.05) is 44.8 Å². The van der Waals surface area contributed by atoms with Gasteiger partial charge < -0.3 is 20.1 Å². The molecule has 8 heteroatoms. The lowest BCUT2D eigenvalue weighted by Gasteiger charge is -2.39. The fraction of sp³-hybridized carbons (Fsp3) is 0.333. The van der Waals surface area contributed by atoms with Crippen molar-refractivity contribution >= 4 is 22.5 Å². The van der Waals surface area contributed by atoms with E-state index in [4.69, 9.17) is 4.74 Å². The number of nitrogens with one attached hydrogen (secondary N) is 1. The number of aromatic nitrogens is 1. The molecule has 1 amide bonds. The number of benzene rings is 1. The molecule has 0 saturated carbocycles. The Morgan fingerprint density at radius 1 is 1.31 bits per heavy atom. The minimum Gasteiger partial charge on any atom is -0.508 e. The number of aliphatic hydroxyl groups excluding tert-OH is 1. The highest BCUT2D eigenvalue weighted by molar-refractivity contribution is 5.91. The van der Waals surface area contributed by atoms with Gasteiger partial charge >= 0.3 is 0 Å². The third kappa shape index (κ3) is 5.72. The van der Waals surface area contributed by atoms with Crippen molar-refractivity contribution in [3.05, 3.63) is 72.5 Å². The van der Waals surface area contributed by atoms with Gasteiger partial charge in [0.25, 0.3) is 0 Å². The molecule has 0 spiro atoms. The van der Waals surface area contributed by atoms with Crippen LogP contribution in [-0.2, 0) is 9.53 Å². The molecular formula is C24H29FN4O3. The van der Waals surface area contributed by atoms with Crippen molar-refractivity contribution in [3.63, 3.8) is 0 Å². The third-order valence-corrected chi connectivity index (χ3v) is 5.44. The maximum Gasteiger partial charge on any atom is 0.243 e. The number of pyridine rings is 1. The summed E-state index contributed by atoms with van der Waals surface area (Å²) in [6.45, 7) is 8.17. The van der Waals surface area contributed by atoms with Crippen molar-refractivity contribution in [2.24, 2.45) is 0 Å². The molecule has 170 valence electrons. The Morgan fingerprint density at radius 2 is 2.06 bits per heavy atom. The highest BCUT2D eigenvalue weighted by Gasteiger charge is 2.29. The summed E-state index contributed by atoms with van der Waals surface area (Å²) in [7, 11) is 1.57. The third-order valence-electron chi connectivity index (χ3n) is 5.44. The van der Waals surface area contributed by atoms with Crippen LogP contribution in [0.25, 0.3) is 10.9 Å². The Labute approximate surface area is 187 Å². The number of methoxy groups -OCH3 is 1. The number of piperazine rings is 1. The van der Waals surface area contributed by atoms with Gasteiger partial charge in [0.2, 0.25) is 5.91 Å². The van der Waals surface area contributed by atoms with Gasteiger partial charge in [-0.2, -0.15) is 0 Å². The average Bonchev–Trinajstić information content (AvgIpc) is 2.80. The van der Waals surface area contributed by atoms with Gasteiger partial charge in [-0.05, 0) is 49.4 Å². The predicted molar refractivity (Wildman–Crippen MR) is 124 cm³/mol. The number of anilines is 1. The lowest BCUT2D eigenvalue weighted by molar-refractivity contribution is -0.127. The number of carbonyl (C=O) groups excluding carboxylic acids is 1. The summed E-state index contributed by atoms with van der Waals surface area (Å²) in [5.74, 6) is -0.439. The van der Waals surface area contributed by atoms with E-state index in [9.17, 15) is 14.3 Å². The zero-order valence-electron chi connectivity index (χ0n) is 18.4. The van der Waals surface area contributed by atoms with E-state index in [1.807, 2.05) is 6.07 Å². The van der Waals surface area contributed by atoms with Gasteiger partial charge in [0.05, 0.1) is 12.1 Å². The Bertz CT molecular complexity index is 1030. The van der Waals surface area contributed by atoms with Crippen LogP contribution in [0.3, 0.4) is 0 Å². The van der Waals surface area contributed by atoms with E-state index >= 15 is 0 Å². The Kier molecular flexibility index (Phi) is 7.97. The fourth-order valence-electron chi connectivity index (χ4n) is 3.76. The molecule has 1 unspecified atom stereocenters. The van der Waals surface area contributed by atoms with Gasteiger partial charge in [-0.1, -0.05) is 6.58 Å². The van der Waals surface area contributed by atoms with E-state index in [1.165, 1.54) is 24.3 Å². The molecule has 0 aliphatic carbocycles. The number of halogens is 1. The van der Waals surface area contributed by atoms with Gasteiger partial charge in [0, 0.05) is 56.3 Å². The summed E-state index contributed by atoms with van der Waals surface area (Å²) in [6.07, 6.45) is 6.13. The van der Waals surface area contributed by atoms with Crippen LogP contribution in [-0.4, -0.2) is 66.8 Å². The SMILES string of the molecule is C=C/C(O)=C\C=C(/C)NC(=O)C(COC)N1CCN(c2ccnc3ccc(F)cc23)CC1. The van der Waals surface area contributed by atoms with Crippen LogP contribution >= 0.6 is 0 Å². The number of fused-ring (bicyclic) bond motifs is 1. The first-order valence-corrected chi connectivity index (χ1v) is 10.5. The molecule has 3 rings (SSSR count). The molecule has 1 aliphatic heterocycles. The summed E-state index contributed by atoms with van der Waals surface area (Å²) in [5.41, 5.74) is 2.30. The second-order valence-corrected chi connectivity index (χ2v) is 7.62. The van der Waals surface area contributed by atoms with Crippen molar-refractivity contribution < 1.29 is 19.0 Å². The first kappa shape index (κ1) is 23.4. The number of carbonyl (C=O) groups is 1. The standard InChI is InChI=1S/C24H29FN4O3/c1-4-19(30)7-5-17(2)27-24(31)23(16-32-3)29-13-11-28(12-14-29)22-9-10-26-21-8-6-18(25)15-20(21)22/h4-10,15,23,30H,1,11-14,16H2,2-3H3,(H,27,31)/b17-5+,19-7+. The molecule has 1 atom stereocenters. The largest absolute Gasteiger partial charge is 0.508 e. The quantitative estimate of drug-likeness (QED) is 0.485. The van der Waals surface area contributed by atoms with Gasteiger partial charge in [-0.15, -0.1) is 0 Å².